The second kappa shape index (κ2) is 5.47. The molecule has 0 bridgehead atoms. The van der Waals surface area contributed by atoms with Crippen molar-refractivity contribution in [3.8, 4) is 0 Å². The Kier molecular flexibility index (Phi) is 4.07. The molecule has 3 N–H and O–H groups in total. The minimum absolute atomic E-state index is 0.0751. The monoisotopic (exact) mass is 302 g/mol. The molecule has 20 heavy (non-hydrogen) atoms. The first-order valence-electron chi connectivity index (χ1n) is 6.09. The van der Waals surface area contributed by atoms with Crippen LogP contribution >= 0.6 is 0 Å². The number of nitrogens with two attached hydrogens (primary N) is 1. The minimum atomic E-state index is -3.94. The van der Waals surface area contributed by atoms with Crippen LogP contribution in [0, 0.1) is 11.7 Å². The summed E-state index contributed by atoms with van der Waals surface area (Å²) in [5, 5.41) is 8.74. The molecule has 0 radical (unpaired) electrons. The summed E-state index contributed by atoms with van der Waals surface area (Å²) in [5.41, 5.74) is 5.21. The number of carboxylic acid groups (broad SMARTS) is 1. The topological polar surface area (TPSA) is 101 Å². The van der Waals surface area contributed by atoms with Crippen LogP contribution in [0.2, 0.25) is 0 Å². The third-order valence-electron chi connectivity index (χ3n) is 3.38. The first-order valence-corrected chi connectivity index (χ1v) is 7.53. The van der Waals surface area contributed by atoms with Gasteiger partial charge in [0, 0.05) is 13.1 Å². The highest BCUT2D eigenvalue weighted by molar-refractivity contribution is 7.89. The van der Waals surface area contributed by atoms with Gasteiger partial charge in [0.25, 0.3) is 0 Å². The Balaban J connectivity index is 2.33. The molecule has 0 spiro atoms. The lowest BCUT2D eigenvalue weighted by molar-refractivity contribution is 0.0696. The molecule has 0 amide bonds. The lowest BCUT2D eigenvalue weighted by atomic mass is 10.1. The highest BCUT2D eigenvalue weighted by atomic mass is 32.2. The summed E-state index contributed by atoms with van der Waals surface area (Å²) in [6, 6.07) is 2.78. The molecule has 2 rings (SSSR count). The number of carbonyl (C=O) groups is 1. The van der Waals surface area contributed by atoms with Crippen LogP contribution in [0.15, 0.2) is 23.1 Å². The van der Waals surface area contributed by atoms with Crippen molar-refractivity contribution in [2.45, 2.75) is 11.3 Å². The van der Waals surface area contributed by atoms with Gasteiger partial charge in [-0.15, -0.1) is 0 Å². The molecule has 1 unspecified atom stereocenters. The Morgan fingerprint density at radius 3 is 2.70 bits per heavy atom. The number of nitrogens with zero attached hydrogens (tertiary/aromatic N) is 1. The highest BCUT2D eigenvalue weighted by Crippen LogP contribution is 2.26. The second-order valence-electron chi connectivity index (χ2n) is 4.70. The fourth-order valence-corrected chi connectivity index (χ4v) is 3.77. The van der Waals surface area contributed by atoms with Crippen LogP contribution in [-0.2, 0) is 10.0 Å². The van der Waals surface area contributed by atoms with Crippen LogP contribution in [0.3, 0.4) is 0 Å². The molecule has 1 aliphatic heterocycles. The molecule has 0 saturated carbocycles. The lowest BCUT2D eigenvalue weighted by Crippen LogP contribution is -2.30. The maximum Gasteiger partial charge on any atom is 0.335 e. The average molecular weight is 302 g/mol. The Labute approximate surface area is 116 Å². The van der Waals surface area contributed by atoms with E-state index < -0.39 is 26.7 Å². The van der Waals surface area contributed by atoms with Crippen molar-refractivity contribution >= 4 is 16.0 Å². The number of hydrogen-bond donors (Lipinski definition) is 2. The van der Waals surface area contributed by atoms with Crippen molar-refractivity contribution in [2.75, 3.05) is 19.6 Å². The molecule has 1 saturated heterocycles. The third kappa shape index (κ3) is 2.67. The van der Waals surface area contributed by atoms with Crippen LogP contribution in [0.4, 0.5) is 4.39 Å². The summed E-state index contributed by atoms with van der Waals surface area (Å²) in [7, 11) is -3.94. The Hall–Kier alpha value is -1.51. The highest BCUT2D eigenvalue weighted by Gasteiger charge is 2.33. The van der Waals surface area contributed by atoms with Gasteiger partial charge in [-0.1, -0.05) is 0 Å². The van der Waals surface area contributed by atoms with Crippen molar-refractivity contribution in [2.24, 2.45) is 11.7 Å². The Morgan fingerprint density at radius 1 is 1.50 bits per heavy atom. The number of aromatic carboxylic acids is 1. The van der Waals surface area contributed by atoms with Gasteiger partial charge in [-0.05, 0) is 37.1 Å². The standard InChI is InChI=1S/C12H15FN2O4S/c13-10-5-9(12(16)17)1-2-11(10)20(18,19)15-4-3-8(6-14)7-15/h1-2,5,8H,3-4,6-7,14H2,(H,16,17). The predicted molar refractivity (Wildman–Crippen MR) is 69.3 cm³/mol. The van der Waals surface area contributed by atoms with E-state index in [4.69, 9.17) is 10.8 Å². The van der Waals surface area contributed by atoms with E-state index in [0.29, 0.717) is 25.6 Å². The first kappa shape index (κ1) is 14.9. The number of hydrogen-bond acceptors (Lipinski definition) is 4. The van der Waals surface area contributed by atoms with E-state index in [1.165, 1.54) is 4.31 Å². The maximum atomic E-state index is 13.8. The quantitative estimate of drug-likeness (QED) is 0.843. The van der Waals surface area contributed by atoms with E-state index in [-0.39, 0.29) is 18.0 Å². The van der Waals surface area contributed by atoms with Gasteiger partial charge in [0.15, 0.2) is 0 Å². The Bertz CT molecular complexity index is 632. The molecular weight excluding hydrogens is 287 g/mol. The van der Waals surface area contributed by atoms with Gasteiger partial charge in [-0.25, -0.2) is 17.6 Å². The molecule has 0 aliphatic carbocycles. The Morgan fingerprint density at radius 2 is 2.20 bits per heavy atom. The summed E-state index contributed by atoms with van der Waals surface area (Å²) in [5.74, 6) is -2.29. The van der Waals surface area contributed by atoms with E-state index in [2.05, 4.69) is 0 Å². The number of sulfonamides is 1. The fraction of sp³-hybridized carbons (Fsp3) is 0.417. The molecular formula is C12H15FN2O4S. The maximum absolute atomic E-state index is 13.8. The van der Waals surface area contributed by atoms with Crippen molar-refractivity contribution in [3.05, 3.63) is 29.6 Å². The minimum Gasteiger partial charge on any atom is -0.478 e. The summed E-state index contributed by atoms with van der Waals surface area (Å²) < 4.78 is 39.6. The normalized spacial score (nSPS) is 20.2. The zero-order valence-electron chi connectivity index (χ0n) is 10.6. The first-order chi connectivity index (χ1) is 9.36. The van der Waals surface area contributed by atoms with Crippen LogP contribution < -0.4 is 5.73 Å². The number of carboxylic acids is 1. The third-order valence-corrected chi connectivity index (χ3v) is 5.28. The summed E-state index contributed by atoms with van der Waals surface area (Å²) in [6.07, 6.45) is 0.643. The van der Waals surface area contributed by atoms with Gasteiger partial charge >= 0.3 is 5.97 Å². The fourth-order valence-electron chi connectivity index (χ4n) is 2.19. The number of rotatable bonds is 4. The summed E-state index contributed by atoms with van der Waals surface area (Å²) in [6.45, 7) is 0.940. The molecule has 110 valence electrons. The molecule has 1 aromatic carbocycles. The lowest BCUT2D eigenvalue weighted by Gasteiger charge is -2.17. The van der Waals surface area contributed by atoms with Crippen LogP contribution in [0.5, 0.6) is 0 Å². The van der Waals surface area contributed by atoms with Crippen molar-refractivity contribution in [3.63, 3.8) is 0 Å². The van der Waals surface area contributed by atoms with Crippen LogP contribution in [0.25, 0.3) is 0 Å². The van der Waals surface area contributed by atoms with Gasteiger partial charge < -0.3 is 10.8 Å². The molecule has 8 heteroatoms. The van der Waals surface area contributed by atoms with Gasteiger partial charge in [0.1, 0.15) is 10.7 Å². The van der Waals surface area contributed by atoms with E-state index in [1.807, 2.05) is 0 Å². The van der Waals surface area contributed by atoms with E-state index in [9.17, 15) is 17.6 Å². The van der Waals surface area contributed by atoms with Crippen LogP contribution in [0.1, 0.15) is 16.8 Å². The smallest absolute Gasteiger partial charge is 0.335 e. The molecule has 1 fully saturated rings. The van der Waals surface area contributed by atoms with E-state index in [0.717, 1.165) is 12.1 Å². The van der Waals surface area contributed by atoms with Crippen molar-refractivity contribution in [1.29, 1.82) is 0 Å². The number of halogens is 1. The molecule has 0 aromatic heterocycles. The van der Waals surface area contributed by atoms with Crippen molar-refractivity contribution in [1.82, 2.24) is 4.31 Å². The van der Waals surface area contributed by atoms with Gasteiger partial charge in [0.05, 0.1) is 5.56 Å². The molecule has 1 aliphatic rings. The van der Waals surface area contributed by atoms with Gasteiger partial charge in [-0.2, -0.15) is 4.31 Å². The largest absolute Gasteiger partial charge is 0.478 e. The van der Waals surface area contributed by atoms with Crippen LogP contribution in [-0.4, -0.2) is 43.4 Å². The second-order valence-corrected chi connectivity index (χ2v) is 6.61. The molecule has 1 aromatic rings. The van der Waals surface area contributed by atoms with Gasteiger partial charge in [-0.3, -0.25) is 0 Å². The average Bonchev–Trinajstić information content (AvgIpc) is 2.87. The SMILES string of the molecule is NCC1CCN(S(=O)(=O)c2ccc(C(=O)O)cc2F)C1. The van der Waals surface area contributed by atoms with E-state index in [1.54, 1.807) is 0 Å². The zero-order valence-corrected chi connectivity index (χ0v) is 11.4. The number of benzene rings is 1. The zero-order chi connectivity index (χ0) is 14.9. The van der Waals surface area contributed by atoms with E-state index >= 15 is 0 Å². The predicted octanol–water partition coefficient (Wildman–Crippen LogP) is 0.493. The summed E-state index contributed by atoms with van der Waals surface area (Å²) >= 11 is 0. The molecule has 1 heterocycles. The van der Waals surface area contributed by atoms with Gasteiger partial charge in [0.2, 0.25) is 10.0 Å². The van der Waals surface area contributed by atoms with Crippen molar-refractivity contribution < 1.29 is 22.7 Å². The summed E-state index contributed by atoms with van der Waals surface area (Å²) in [4.78, 5) is 10.2. The molecule has 1 atom stereocenters. The molecule has 6 nitrogen and oxygen atoms in total.